The molecule has 1 fully saturated rings. The van der Waals surface area contributed by atoms with Crippen molar-refractivity contribution >= 4 is 67.0 Å². The summed E-state index contributed by atoms with van der Waals surface area (Å²) in [5, 5.41) is 38.5. The number of anilines is 3. The van der Waals surface area contributed by atoms with E-state index in [2.05, 4.69) is 30.5 Å². The molecule has 244 valence electrons. The molecule has 3 heterocycles. The Kier molecular flexibility index (Phi) is 11.9. The van der Waals surface area contributed by atoms with Crippen LogP contribution in [0, 0.1) is 5.41 Å². The SMILES string of the molecule is N=C(N)NCCC[C@H](NC(=O)c1sccc1NS(=O)(=O)c1cccc(NCc2csc(N3CCN(CCO)CC3)n2)c1)C(=O)O. The minimum absolute atomic E-state index is 0.0221. The van der Waals surface area contributed by atoms with Crippen molar-refractivity contribution in [1.29, 1.82) is 5.41 Å². The average Bonchev–Trinajstić information content (AvgIpc) is 3.68. The number of carbonyl (C=O) groups is 2. The van der Waals surface area contributed by atoms with E-state index in [1.807, 2.05) is 5.38 Å². The van der Waals surface area contributed by atoms with Crippen molar-refractivity contribution in [3.8, 4) is 0 Å². The van der Waals surface area contributed by atoms with Crippen LogP contribution >= 0.6 is 22.7 Å². The summed E-state index contributed by atoms with van der Waals surface area (Å²) in [5.41, 5.74) is 6.64. The topological polar surface area (TPSA) is 226 Å². The van der Waals surface area contributed by atoms with Gasteiger partial charge in [-0.2, -0.15) is 0 Å². The number of aliphatic hydroxyl groups excluding tert-OH is 1. The number of aromatic nitrogens is 1. The molecule has 1 aromatic carbocycles. The Labute approximate surface area is 269 Å². The summed E-state index contributed by atoms with van der Waals surface area (Å²) in [6.07, 6.45) is 0.413. The minimum Gasteiger partial charge on any atom is -0.480 e. The highest BCUT2D eigenvalue weighted by molar-refractivity contribution is 7.92. The molecule has 3 aromatic rings. The number of nitrogens with two attached hydrogens (primary N) is 1. The zero-order valence-electron chi connectivity index (χ0n) is 24.4. The molecular formula is C27H37N9O6S3. The molecule has 1 aliphatic rings. The molecule has 0 radical (unpaired) electrons. The number of hydrogen-bond acceptors (Lipinski definition) is 12. The third kappa shape index (κ3) is 9.76. The van der Waals surface area contributed by atoms with Crippen molar-refractivity contribution in [1.82, 2.24) is 20.5 Å². The smallest absolute Gasteiger partial charge is 0.326 e. The van der Waals surface area contributed by atoms with E-state index in [-0.39, 0.29) is 41.0 Å². The average molecular weight is 680 g/mol. The number of hydrogen-bond donors (Lipinski definition) is 8. The van der Waals surface area contributed by atoms with E-state index < -0.39 is 27.9 Å². The second kappa shape index (κ2) is 15.8. The summed E-state index contributed by atoms with van der Waals surface area (Å²) in [6, 6.07) is 6.50. The Morgan fingerprint density at radius 1 is 1.16 bits per heavy atom. The highest BCUT2D eigenvalue weighted by atomic mass is 32.2. The number of nitrogens with one attached hydrogen (secondary N) is 5. The molecule has 0 unspecified atom stereocenters. The van der Waals surface area contributed by atoms with Crippen molar-refractivity contribution in [2.45, 2.75) is 30.3 Å². The van der Waals surface area contributed by atoms with Gasteiger partial charge >= 0.3 is 5.97 Å². The molecule has 2 aromatic heterocycles. The molecule has 0 aliphatic carbocycles. The monoisotopic (exact) mass is 679 g/mol. The summed E-state index contributed by atoms with van der Waals surface area (Å²) in [5.74, 6) is -2.20. The van der Waals surface area contributed by atoms with Crippen LogP contribution in [-0.2, 0) is 21.4 Å². The fraction of sp³-hybridized carbons (Fsp3) is 0.407. The fourth-order valence-electron chi connectivity index (χ4n) is 4.57. The molecular weight excluding hydrogens is 643 g/mol. The van der Waals surface area contributed by atoms with Gasteiger partial charge < -0.3 is 36.8 Å². The number of thiophene rings is 1. The first-order valence-corrected chi connectivity index (χ1v) is 17.4. The normalized spacial score (nSPS) is 14.5. The van der Waals surface area contributed by atoms with Crippen LogP contribution in [0.3, 0.4) is 0 Å². The zero-order chi connectivity index (χ0) is 32.4. The molecule has 1 aliphatic heterocycles. The van der Waals surface area contributed by atoms with Crippen LogP contribution in [0.25, 0.3) is 0 Å². The first-order valence-electron chi connectivity index (χ1n) is 14.1. The lowest BCUT2D eigenvalue weighted by Crippen LogP contribution is -2.47. The number of thiazole rings is 1. The van der Waals surface area contributed by atoms with E-state index >= 15 is 0 Å². The Bertz CT molecular complexity index is 1570. The Balaban J connectivity index is 1.34. The minimum atomic E-state index is -4.09. The Morgan fingerprint density at radius 3 is 2.64 bits per heavy atom. The fourth-order valence-corrected chi connectivity index (χ4v) is 7.39. The molecule has 9 N–H and O–H groups in total. The molecule has 1 atom stereocenters. The van der Waals surface area contributed by atoms with Gasteiger partial charge in [-0.1, -0.05) is 6.07 Å². The largest absolute Gasteiger partial charge is 0.480 e. The number of aliphatic hydroxyl groups is 1. The predicted molar refractivity (Wildman–Crippen MR) is 175 cm³/mol. The van der Waals surface area contributed by atoms with Crippen molar-refractivity contribution in [3.05, 3.63) is 51.7 Å². The number of benzene rings is 1. The molecule has 45 heavy (non-hydrogen) atoms. The molecule has 4 rings (SSSR count). The molecule has 1 saturated heterocycles. The van der Waals surface area contributed by atoms with Crippen molar-refractivity contribution in [2.75, 3.05) is 60.8 Å². The van der Waals surface area contributed by atoms with E-state index in [1.165, 1.54) is 23.6 Å². The van der Waals surface area contributed by atoms with Gasteiger partial charge in [0.2, 0.25) is 0 Å². The zero-order valence-corrected chi connectivity index (χ0v) is 26.8. The van der Waals surface area contributed by atoms with Crippen molar-refractivity contribution in [2.24, 2.45) is 5.73 Å². The Morgan fingerprint density at radius 2 is 1.93 bits per heavy atom. The number of β-amino-alcohol motifs (C(OH)–C–C–N with tert-alkyl or cyclic N) is 1. The van der Waals surface area contributed by atoms with Gasteiger partial charge in [0.15, 0.2) is 11.1 Å². The maximum Gasteiger partial charge on any atom is 0.326 e. The molecule has 1 amide bonds. The number of carboxylic acids is 1. The van der Waals surface area contributed by atoms with Gasteiger partial charge in [0.05, 0.1) is 29.4 Å². The molecule has 0 bridgehead atoms. The van der Waals surface area contributed by atoms with Gasteiger partial charge in [-0.25, -0.2) is 18.2 Å². The summed E-state index contributed by atoms with van der Waals surface area (Å²) < 4.78 is 29.0. The quantitative estimate of drug-likeness (QED) is 0.0607. The van der Waals surface area contributed by atoms with E-state index in [1.54, 1.807) is 23.5 Å². The number of guanidine groups is 1. The van der Waals surface area contributed by atoms with E-state index in [0.29, 0.717) is 25.2 Å². The van der Waals surface area contributed by atoms with Crippen LogP contribution in [0.2, 0.25) is 0 Å². The number of carbonyl (C=O) groups excluding carboxylic acids is 1. The Hall–Kier alpha value is -3.97. The van der Waals surface area contributed by atoms with Crippen LogP contribution in [0.1, 0.15) is 28.2 Å². The van der Waals surface area contributed by atoms with E-state index in [9.17, 15) is 23.1 Å². The van der Waals surface area contributed by atoms with Gasteiger partial charge in [0.25, 0.3) is 15.9 Å². The lowest BCUT2D eigenvalue weighted by molar-refractivity contribution is -0.139. The number of sulfonamides is 1. The summed E-state index contributed by atoms with van der Waals surface area (Å²) >= 11 is 2.53. The predicted octanol–water partition coefficient (Wildman–Crippen LogP) is 1.18. The number of amides is 1. The molecule has 15 nitrogen and oxygen atoms in total. The second-order valence-corrected chi connectivity index (χ2v) is 13.6. The number of piperazine rings is 1. The standard InChI is InChI=1S/C27H37N9O6S3/c28-26(29)30-7-2-5-22(25(39)40)33-24(38)23-21(6-14-43-23)34-45(41,42)20-4-1-3-18(15-20)31-16-19-17-44-27(32-19)36-10-8-35(9-11-36)12-13-37/h1,3-4,6,14-15,17,22,31,34,37H,2,5,7-13,16H2,(H,33,38)(H,39,40)(H4,28,29,30)/t22-/m0/s1. The summed E-state index contributed by atoms with van der Waals surface area (Å²) in [4.78, 5) is 33.8. The summed E-state index contributed by atoms with van der Waals surface area (Å²) in [7, 11) is -4.09. The van der Waals surface area contributed by atoms with Crippen LogP contribution in [0.4, 0.5) is 16.5 Å². The van der Waals surface area contributed by atoms with Gasteiger partial charge in [0, 0.05) is 50.3 Å². The van der Waals surface area contributed by atoms with Crippen LogP contribution in [0.5, 0.6) is 0 Å². The van der Waals surface area contributed by atoms with Crippen molar-refractivity contribution in [3.63, 3.8) is 0 Å². The molecule has 18 heteroatoms. The number of rotatable bonds is 16. The van der Waals surface area contributed by atoms with Crippen LogP contribution in [-0.4, -0.2) is 98.3 Å². The van der Waals surface area contributed by atoms with Crippen LogP contribution in [0.15, 0.2) is 46.0 Å². The summed E-state index contributed by atoms with van der Waals surface area (Å²) in [6.45, 7) is 4.88. The van der Waals surface area contributed by atoms with E-state index in [4.69, 9.17) is 21.2 Å². The van der Waals surface area contributed by atoms with Gasteiger partial charge in [-0.05, 0) is 42.5 Å². The lowest BCUT2D eigenvalue weighted by Gasteiger charge is -2.34. The van der Waals surface area contributed by atoms with Crippen molar-refractivity contribution < 1.29 is 28.2 Å². The molecule has 0 saturated carbocycles. The number of nitrogens with zero attached hydrogens (tertiary/aromatic N) is 3. The first-order chi connectivity index (χ1) is 21.6. The highest BCUT2D eigenvalue weighted by Crippen LogP contribution is 2.27. The maximum absolute atomic E-state index is 13.3. The highest BCUT2D eigenvalue weighted by Gasteiger charge is 2.25. The lowest BCUT2D eigenvalue weighted by atomic mass is 10.1. The number of carboxylic acid groups (broad SMARTS) is 1. The van der Waals surface area contributed by atoms with E-state index in [0.717, 1.165) is 48.3 Å². The second-order valence-electron chi connectivity index (χ2n) is 10.2. The van der Waals surface area contributed by atoms with Gasteiger partial charge in [-0.15, -0.1) is 22.7 Å². The van der Waals surface area contributed by atoms with Gasteiger partial charge in [-0.3, -0.25) is 19.8 Å². The van der Waals surface area contributed by atoms with Crippen LogP contribution < -0.4 is 31.3 Å². The third-order valence-corrected chi connectivity index (χ3v) is 10.1. The van der Waals surface area contributed by atoms with Gasteiger partial charge in [0.1, 0.15) is 10.9 Å². The number of aliphatic carboxylic acids is 1. The third-order valence-electron chi connectivity index (χ3n) is 6.92. The maximum atomic E-state index is 13.3. The first kappa shape index (κ1) is 33.9. The molecule has 0 spiro atoms.